The molecule has 43 heavy (non-hydrogen) atoms. The van der Waals surface area contributed by atoms with Crippen molar-refractivity contribution in [1.82, 2.24) is 19.8 Å². The molecule has 3 amide bonds. The molecule has 0 bridgehead atoms. The van der Waals surface area contributed by atoms with E-state index in [-0.39, 0.29) is 43.2 Å². The number of nitrogens with one attached hydrogen (secondary N) is 2. The van der Waals surface area contributed by atoms with Gasteiger partial charge in [-0.25, -0.2) is 9.37 Å². The number of amides is 3. The van der Waals surface area contributed by atoms with Gasteiger partial charge in [-0.3, -0.25) is 19.2 Å². The van der Waals surface area contributed by atoms with E-state index in [1.807, 2.05) is 30.3 Å². The first kappa shape index (κ1) is 31.5. The zero-order chi connectivity index (χ0) is 31.0. The smallest absolute Gasteiger partial charge is 0.250 e. The molecular formula is C31H37FN6O5. The van der Waals surface area contributed by atoms with E-state index in [4.69, 9.17) is 10.5 Å². The number of rotatable bonds is 12. The summed E-state index contributed by atoms with van der Waals surface area (Å²) >= 11 is 0. The third-order valence-corrected chi connectivity index (χ3v) is 7.15. The number of nitrogens with two attached hydrogens (primary N) is 1. The molecule has 1 atom stereocenters. The molecule has 4 N–H and O–H groups in total. The number of carbonyl (C=O) groups excluding carboxylic acids is 4. The summed E-state index contributed by atoms with van der Waals surface area (Å²) in [6.07, 6.45) is 4.00. The van der Waals surface area contributed by atoms with E-state index in [9.17, 15) is 23.6 Å². The molecule has 1 unspecified atom stereocenters. The Morgan fingerprint density at radius 1 is 1.07 bits per heavy atom. The van der Waals surface area contributed by atoms with Gasteiger partial charge < -0.3 is 30.6 Å². The summed E-state index contributed by atoms with van der Waals surface area (Å²) < 4.78 is 20.4. The SMILES string of the molecule is CC(C)(N)C(=O)NC(COCc1ccccc1)C(=O)Nc1cn(CC(=O)N2CCC(C(=O)c3ccc(F)cc3)CC2)cn1. The molecule has 12 heteroatoms. The van der Waals surface area contributed by atoms with E-state index < -0.39 is 29.2 Å². The number of likely N-dealkylation sites (tertiary alicyclic amines) is 1. The Kier molecular flexibility index (Phi) is 10.4. The number of halogens is 1. The number of hydrogen-bond acceptors (Lipinski definition) is 7. The summed E-state index contributed by atoms with van der Waals surface area (Å²) in [6, 6.07) is 13.9. The number of carbonyl (C=O) groups is 4. The number of aromatic nitrogens is 2. The first-order valence-electron chi connectivity index (χ1n) is 14.1. The Hall–Kier alpha value is -4.42. The van der Waals surface area contributed by atoms with Crippen molar-refractivity contribution < 1.29 is 28.3 Å². The topological polar surface area (TPSA) is 149 Å². The van der Waals surface area contributed by atoms with Crippen molar-refractivity contribution in [1.29, 1.82) is 0 Å². The first-order chi connectivity index (χ1) is 20.5. The van der Waals surface area contributed by atoms with Crippen LogP contribution in [0, 0.1) is 11.7 Å². The first-order valence-corrected chi connectivity index (χ1v) is 14.1. The van der Waals surface area contributed by atoms with Crippen LogP contribution in [0.15, 0.2) is 67.1 Å². The second kappa shape index (κ2) is 14.2. The number of benzene rings is 2. The molecule has 11 nitrogen and oxygen atoms in total. The highest BCUT2D eigenvalue weighted by Crippen LogP contribution is 2.22. The van der Waals surface area contributed by atoms with Gasteiger partial charge in [-0.15, -0.1) is 0 Å². The van der Waals surface area contributed by atoms with E-state index in [0.29, 0.717) is 31.5 Å². The zero-order valence-electron chi connectivity index (χ0n) is 24.3. The van der Waals surface area contributed by atoms with E-state index in [0.717, 1.165) is 5.56 Å². The van der Waals surface area contributed by atoms with E-state index in [1.54, 1.807) is 9.47 Å². The van der Waals surface area contributed by atoms with Gasteiger partial charge in [-0.2, -0.15) is 0 Å². The summed E-state index contributed by atoms with van der Waals surface area (Å²) in [4.78, 5) is 57.1. The van der Waals surface area contributed by atoms with Gasteiger partial charge in [-0.1, -0.05) is 30.3 Å². The molecule has 2 aromatic carbocycles. The van der Waals surface area contributed by atoms with Gasteiger partial charge in [0.1, 0.15) is 18.4 Å². The molecule has 1 fully saturated rings. The molecule has 0 aliphatic carbocycles. The predicted octanol–water partition coefficient (Wildman–Crippen LogP) is 2.52. The molecule has 228 valence electrons. The highest BCUT2D eigenvalue weighted by molar-refractivity contribution is 5.98. The molecule has 1 saturated heterocycles. The maximum atomic E-state index is 13.2. The van der Waals surface area contributed by atoms with Crippen molar-refractivity contribution in [2.75, 3.05) is 25.0 Å². The van der Waals surface area contributed by atoms with Crippen LogP contribution in [0.2, 0.25) is 0 Å². The van der Waals surface area contributed by atoms with Crippen molar-refractivity contribution >= 4 is 29.3 Å². The number of Topliss-reactive ketones (excluding diaryl/α,β-unsaturated/α-hetero) is 1. The number of ketones is 1. The Balaban J connectivity index is 1.29. The van der Waals surface area contributed by atoms with E-state index in [1.165, 1.54) is 50.6 Å². The highest BCUT2D eigenvalue weighted by atomic mass is 19.1. The minimum Gasteiger partial charge on any atom is -0.374 e. The maximum absolute atomic E-state index is 13.2. The summed E-state index contributed by atoms with van der Waals surface area (Å²) in [5.41, 5.74) is 6.08. The normalized spacial score (nSPS) is 14.7. The van der Waals surface area contributed by atoms with E-state index >= 15 is 0 Å². The number of hydrogen-bond donors (Lipinski definition) is 3. The van der Waals surface area contributed by atoms with Crippen molar-refractivity contribution in [2.24, 2.45) is 11.7 Å². The predicted molar refractivity (Wildman–Crippen MR) is 157 cm³/mol. The van der Waals surface area contributed by atoms with Crippen molar-refractivity contribution in [3.05, 3.63) is 84.1 Å². The highest BCUT2D eigenvalue weighted by Gasteiger charge is 2.30. The second-order valence-corrected chi connectivity index (χ2v) is 11.2. The minimum atomic E-state index is -1.21. The van der Waals surface area contributed by atoms with Crippen LogP contribution in [0.3, 0.4) is 0 Å². The van der Waals surface area contributed by atoms with Gasteiger partial charge >= 0.3 is 0 Å². The Labute approximate surface area is 249 Å². The molecular weight excluding hydrogens is 555 g/mol. The van der Waals surface area contributed by atoms with Crippen LogP contribution in [0.25, 0.3) is 0 Å². The number of piperidine rings is 1. The summed E-state index contributed by atoms with van der Waals surface area (Å²) in [6.45, 7) is 4.08. The lowest BCUT2D eigenvalue weighted by molar-refractivity contribution is -0.133. The largest absolute Gasteiger partial charge is 0.374 e. The molecule has 1 aromatic heterocycles. The number of anilines is 1. The Morgan fingerprint density at radius 3 is 2.40 bits per heavy atom. The average Bonchev–Trinajstić information content (AvgIpc) is 3.43. The van der Waals surface area contributed by atoms with Crippen LogP contribution in [0.4, 0.5) is 10.2 Å². The Bertz CT molecular complexity index is 1410. The summed E-state index contributed by atoms with van der Waals surface area (Å²) in [7, 11) is 0. The minimum absolute atomic E-state index is 0.00115. The van der Waals surface area contributed by atoms with Gasteiger partial charge in [-0.05, 0) is 56.5 Å². The third kappa shape index (κ3) is 9.03. The van der Waals surface area contributed by atoms with Gasteiger partial charge in [0.05, 0.1) is 25.1 Å². The number of imidazole rings is 1. The molecule has 3 aromatic rings. The van der Waals surface area contributed by atoms with Crippen LogP contribution < -0.4 is 16.4 Å². The second-order valence-electron chi connectivity index (χ2n) is 11.2. The molecule has 0 radical (unpaired) electrons. The lowest BCUT2D eigenvalue weighted by atomic mass is 9.89. The quantitative estimate of drug-likeness (QED) is 0.274. The van der Waals surface area contributed by atoms with Crippen molar-refractivity contribution in [2.45, 2.75) is 51.4 Å². The molecule has 0 saturated carbocycles. The molecule has 4 rings (SSSR count). The van der Waals surface area contributed by atoms with Crippen molar-refractivity contribution in [3.8, 4) is 0 Å². The molecule has 1 aliphatic rings. The number of nitrogens with zero attached hydrogens (tertiary/aromatic N) is 3. The van der Waals surface area contributed by atoms with Gasteiger partial charge in [0.25, 0.3) is 5.91 Å². The number of ether oxygens (including phenoxy) is 1. The van der Waals surface area contributed by atoms with Crippen LogP contribution >= 0.6 is 0 Å². The van der Waals surface area contributed by atoms with Gasteiger partial charge in [0.2, 0.25) is 11.8 Å². The lowest BCUT2D eigenvalue weighted by Crippen LogP contribution is -2.56. The molecule has 2 heterocycles. The third-order valence-electron chi connectivity index (χ3n) is 7.15. The molecule has 1 aliphatic heterocycles. The summed E-state index contributed by atoms with van der Waals surface area (Å²) in [5.74, 6) is -1.67. The zero-order valence-corrected chi connectivity index (χ0v) is 24.3. The fourth-order valence-electron chi connectivity index (χ4n) is 4.62. The van der Waals surface area contributed by atoms with Crippen LogP contribution in [0.1, 0.15) is 42.6 Å². The van der Waals surface area contributed by atoms with Gasteiger partial charge in [0, 0.05) is 30.8 Å². The molecule has 0 spiro atoms. The Morgan fingerprint density at radius 2 is 1.74 bits per heavy atom. The fourth-order valence-corrected chi connectivity index (χ4v) is 4.62. The monoisotopic (exact) mass is 592 g/mol. The van der Waals surface area contributed by atoms with Gasteiger partial charge in [0.15, 0.2) is 11.6 Å². The lowest BCUT2D eigenvalue weighted by Gasteiger charge is -2.31. The maximum Gasteiger partial charge on any atom is 0.250 e. The van der Waals surface area contributed by atoms with Crippen LogP contribution in [0.5, 0.6) is 0 Å². The standard InChI is InChI=1S/C31H37FN6O5/c1-31(2,33)30(42)35-25(19-43-18-21-6-4-3-5-7-21)29(41)36-26-16-37(20-34-26)17-27(39)38-14-12-23(13-15-38)28(40)22-8-10-24(32)11-9-22/h3-11,16,20,23,25H,12-15,17-19,33H2,1-2H3,(H,35,42)(H,36,41). The van der Waals surface area contributed by atoms with Crippen LogP contribution in [-0.2, 0) is 32.3 Å². The average molecular weight is 593 g/mol. The van der Waals surface area contributed by atoms with E-state index in [2.05, 4.69) is 15.6 Å². The van der Waals surface area contributed by atoms with Crippen LogP contribution in [-0.4, -0.2) is 69.2 Å². The van der Waals surface area contributed by atoms with Crippen molar-refractivity contribution in [3.63, 3.8) is 0 Å². The fraction of sp³-hybridized carbons (Fsp3) is 0.387. The summed E-state index contributed by atoms with van der Waals surface area (Å²) in [5, 5.41) is 5.30.